The van der Waals surface area contributed by atoms with Crippen LogP contribution in [0.4, 0.5) is 0 Å². The third-order valence-corrected chi connectivity index (χ3v) is 7.91. The lowest BCUT2D eigenvalue weighted by Gasteiger charge is -2.52. The number of rotatable bonds is 11. The lowest BCUT2D eigenvalue weighted by Crippen LogP contribution is -2.56. The number of likely N-dealkylation sites (tertiary alicyclic amines) is 1. The van der Waals surface area contributed by atoms with Crippen molar-refractivity contribution in [3.05, 3.63) is 23.8 Å². The van der Waals surface area contributed by atoms with Gasteiger partial charge in [0, 0.05) is 36.7 Å². The van der Waals surface area contributed by atoms with Crippen LogP contribution in [0, 0.1) is 11.8 Å². The van der Waals surface area contributed by atoms with Crippen LogP contribution < -0.4 is 14.8 Å². The van der Waals surface area contributed by atoms with E-state index in [4.69, 9.17) is 9.47 Å². The second kappa shape index (κ2) is 12.1. The van der Waals surface area contributed by atoms with Crippen molar-refractivity contribution < 1.29 is 19.4 Å². The second-order valence-electron chi connectivity index (χ2n) is 9.95. The highest BCUT2D eigenvalue weighted by molar-refractivity contribution is 5.78. The first-order chi connectivity index (χ1) is 16.0. The summed E-state index contributed by atoms with van der Waals surface area (Å²) in [7, 11) is 3.32. The maximum absolute atomic E-state index is 13.0. The number of nitrogens with zero attached hydrogens (tertiary/aromatic N) is 1. The van der Waals surface area contributed by atoms with Crippen LogP contribution in [-0.4, -0.2) is 55.4 Å². The molecule has 2 fully saturated rings. The number of unbranched alkanes of at least 4 members (excludes halogenated alkanes) is 1. The van der Waals surface area contributed by atoms with E-state index in [0.717, 1.165) is 62.1 Å². The van der Waals surface area contributed by atoms with Gasteiger partial charge in [-0.2, -0.15) is 0 Å². The number of nitrogens with one attached hydrogen (secondary N) is 1. The highest BCUT2D eigenvalue weighted by Gasteiger charge is 2.49. The Balaban J connectivity index is 1.80. The number of fused-ring (bicyclic) bond motifs is 1. The molecule has 0 radical (unpaired) electrons. The summed E-state index contributed by atoms with van der Waals surface area (Å²) in [6.07, 6.45) is 9.34. The lowest BCUT2D eigenvalue weighted by molar-refractivity contribution is -0.138. The maximum atomic E-state index is 13.0. The van der Waals surface area contributed by atoms with Gasteiger partial charge in [-0.25, -0.2) is 0 Å². The minimum Gasteiger partial charge on any atom is -0.497 e. The zero-order chi connectivity index (χ0) is 23.8. The Morgan fingerprint density at radius 3 is 2.76 bits per heavy atom. The highest BCUT2D eigenvalue weighted by atomic mass is 16.5. The first-order valence-electron chi connectivity index (χ1n) is 12.9. The molecule has 1 heterocycles. The van der Waals surface area contributed by atoms with Crippen molar-refractivity contribution in [2.45, 2.75) is 83.3 Å². The molecule has 1 aliphatic carbocycles. The standard InChI is InChI=1S/C27H44N2O4/c1-5-7-10-20(6-2)18-28-25(30)19-29-16-15-27(31)14-9-8-11-23(27)26(29)22-13-12-21(32-3)17-24(22)33-4/h12-13,17,20,23,26,31H,5-11,14-16,18-19H2,1-4H3,(H,28,30). The van der Waals surface area contributed by atoms with Crippen LogP contribution in [0.3, 0.4) is 0 Å². The quantitative estimate of drug-likeness (QED) is 0.501. The molecular formula is C27H44N2O4. The summed E-state index contributed by atoms with van der Waals surface area (Å²) in [5, 5.41) is 14.7. The summed E-state index contributed by atoms with van der Waals surface area (Å²) in [6.45, 7) is 6.20. The average Bonchev–Trinajstić information content (AvgIpc) is 2.83. The summed E-state index contributed by atoms with van der Waals surface area (Å²) in [6, 6.07) is 5.85. The van der Waals surface area contributed by atoms with Gasteiger partial charge in [0.25, 0.3) is 0 Å². The third kappa shape index (κ3) is 6.21. The minimum absolute atomic E-state index is 0.0577. The Morgan fingerprint density at radius 1 is 1.24 bits per heavy atom. The molecule has 0 aromatic heterocycles. The number of methoxy groups -OCH3 is 2. The van der Waals surface area contributed by atoms with Gasteiger partial charge < -0.3 is 19.9 Å². The van der Waals surface area contributed by atoms with Crippen molar-refractivity contribution in [1.29, 1.82) is 0 Å². The van der Waals surface area contributed by atoms with Crippen LogP contribution in [0.1, 0.15) is 83.2 Å². The average molecular weight is 461 g/mol. The smallest absolute Gasteiger partial charge is 0.234 e. The van der Waals surface area contributed by atoms with E-state index in [1.807, 2.05) is 18.2 Å². The highest BCUT2D eigenvalue weighted by Crippen LogP contribution is 2.51. The fourth-order valence-electron chi connectivity index (χ4n) is 5.84. The molecular weight excluding hydrogens is 416 g/mol. The van der Waals surface area contributed by atoms with E-state index in [9.17, 15) is 9.90 Å². The molecule has 1 aromatic rings. The van der Waals surface area contributed by atoms with Gasteiger partial charge in [0.2, 0.25) is 5.91 Å². The Labute approximate surface area is 200 Å². The van der Waals surface area contributed by atoms with Crippen LogP contribution in [0.2, 0.25) is 0 Å². The van der Waals surface area contributed by atoms with Gasteiger partial charge in [-0.15, -0.1) is 0 Å². The first-order valence-corrected chi connectivity index (χ1v) is 12.9. The fourth-order valence-corrected chi connectivity index (χ4v) is 5.84. The predicted molar refractivity (Wildman–Crippen MR) is 132 cm³/mol. The van der Waals surface area contributed by atoms with Gasteiger partial charge in [0.05, 0.1) is 26.4 Å². The molecule has 33 heavy (non-hydrogen) atoms. The van der Waals surface area contributed by atoms with Crippen molar-refractivity contribution in [3.8, 4) is 11.5 Å². The summed E-state index contributed by atoms with van der Waals surface area (Å²) in [5.74, 6) is 2.19. The van der Waals surface area contributed by atoms with E-state index < -0.39 is 5.60 Å². The Morgan fingerprint density at radius 2 is 2.06 bits per heavy atom. The SMILES string of the molecule is CCCCC(CC)CNC(=O)CN1CCC2(O)CCCCC2C1c1ccc(OC)cc1OC. The topological polar surface area (TPSA) is 71.0 Å². The van der Waals surface area contributed by atoms with Crippen LogP contribution in [0.5, 0.6) is 11.5 Å². The molecule has 3 rings (SSSR count). The van der Waals surface area contributed by atoms with Crippen LogP contribution in [-0.2, 0) is 4.79 Å². The summed E-state index contributed by atoms with van der Waals surface area (Å²) in [4.78, 5) is 15.3. The van der Waals surface area contributed by atoms with Crippen molar-refractivity contribution in [3.63, 3.8) is 0 Å². The monoisotopic (exact) mass is 460 g/mol. The number of carbonyl (C=O) groups is 1. The number of benzene rings is 1. The number of aliphatic hydroxyl groups is 1. The zero-order valence-corrected chi connectivity index (χ0v) is 21.1. The van der Waals surface area contributed by atoms with E-state index in [2.05, 4.69) is 24.1 Å². The predicted octanol–water partition coefficient (Wildman–Crippen LogP) is 4.70. The van der Waals surface area contributed by atoms with E-state index in [1.165, 1.54) is 12.8 Å². The normalized spacial score (nSPS) is 26.3. The van der Waals surface area contributed by atoms with Gasteiger partial charge >= 0.3 is 0 Å². The van der Waals surface area contributed by atoms with Gasteiger partial charge in [-0.3, -0.25) is 9.69 Å². The largest absolute Gasteiger partial charge is 0.497 e. The molecule has 2 N–H and O–H groups in total. The molecule has 2 aliphatic rings. The van der Waals surface area contributed by atoms with Crippen molar-refractivity contribution in [2.75, 3.05) is 33.9 Å². The Hall–Kier alpha value is -1.79. The molecule has 0 spiro atoms. The van der Waals surface area contributed by atoms with Crippen molar-refractivity contribution in [1.82, 2.24) is 10.2 Å². The van der Waals surface area contributed by atoms with Crippen LogP contribution in [0.15, 0.2) is 18.2 Å². The number of ether oxygens (including phenoxy) is 2. The molecule has 186 valence electrons. The zero-order valence-electron chi connectivity index (χ0n) is 21.1. The molecule has 1 amide bonds. The van der Waals surface area contributed by atoms with E-state index in [-0.39, 0.29) is 17.9 Å². The molecule has 1 aromatic carbocycles. The summed E-state index contributed by atoms with van der Waals surface area (Å²) < 4.78 is 11.2. The first kappa shape index (κ1) is 25.8. The Kier molecular flexibility index (Phi) is 9.45. The lowest BCUT2D eigenvalue weighted by atomic mass is 9.66. The van der Waals surface area contributed by atoms with Gasteiger partial charge in [0.1, 0.15) is 11.5 Å². The van der Waals surface area contributed by atoms with E-state index in [0.29, 0.717) is 25.4 Å². The molecule has 1 saturated heterocycles. The Bertz CT molecular complexity index is 770. The van der Waals surface area contributed by atoms with Crippen LogP contribution >= 0.6 is 0 Å². The summed E-state index contributed by atoms with van der Waals surface area (Å²) in [5.41, 5.74) is 0.361. The van der Waals surface area contributed by atoms with E-state index >= 15 is 0 Å². The molecule has 0 bridgehead atoms. The summed E-state index contributed by atoms with van der Waals surface area (Å²) >= 11 is 0. The third-order valence-electron chi connectivity index (χ3n) is 7.91. The fraction of sp³-hybridized carbons (Fsp3) is 0.741. The van der Waals surface area contributed by atoms with Crippen LogP contribution in [0.25, 0.3) is 0 Å². The number of piperidine rings is 1. The van der Waals surface area contributed by atoms with Gasteiger partial charge in [0.15, 0.2) is 0 Å². The van der Waals surface area contributed by atoms with Crippen molar-refractivity contribution in [2.24, 2.45) is 11.8 Å². The molecule has 6 nitrogen and oxygen atoms in total. The number of amides is 1. The maximum Gasteiger partial charge on any atom is 0.234 e. The molecule has 1 aliphatic heterocycles. The van der Waals surface area contributed by atoms with Gasteiger partial charge in [-0.05, 0) is 37.7 Å². The molecule has 1 saturated carbocycles. The van der Waals surface area contributed by atoms with Gasteiger partial charge in [-0.1, -0.05) is 52.0 Å². The molecule has 4 unspecified atom stereocenters. The molecule has 6 heteroatoms. The number of hydrogen-bond acceptors (Lipinski definition) is 5. The number of hydrogen-bond donors (Lipinski definition) is 2. The number of carbonyl (C=O) groups excluding carboxylic acids is 1. The minimum atomic E-state index is -0.672. The van der Waals surface area contributed by atoms with E-state index in [1.54, 1.807) is 14.2 Å². The second-order valence-corrected chi connectivity index (χ2v) is 9.95. The van der Waals surface area contributed by atoms with Crippen molar-refractivity contribution >= 4 is 5.91 Å². The molecule has 4 atom stereocenters.